The van der Waals surface area contributed by atoms with Crippen molar-refractivity contribution in [2.45, 2.75) is 32.0 Å². The van der Waals surface area contributed by atoms with Gasteiger partial charge in [0.25, 0.3) is 0 Å². The number of methoxy groups -OCH3 is 2. The summed E-state index contributed by atoms with van der Waals surface area (Å²) < 4.78 is 10.6. The van der Waals surface area contributed by atoms with Crippen LogP contribution in [0, 0.1) is 0 Å². The molecule has 0 bridgehead atoms. The number of nitrogens with two attached hydrogens (primary N) is 1. The number of rotatable bonds is 9. The zero-order valence-corrected chi connectivity index (χ0v) is 19.7. The van der Waals surface area contributed by atoms with Crippen molar-refractivity contribution in [3.63, 3.8) is 0 Å². The lowest BCUT2D eigenvalue weighted by molar-refractivity contribution is 0.0975. The van der Waals surface area contributed by atoms with E-state index in [2.05, 4.69) is 5.32 Å². The van der Waals surface area contributed by atoms with Crippen molar-refractivity contribution >= 4 is 11.7 Å². The predicted molar refractivity (Wildman–Crippen MR) is 134 cm³/mol. The summed E-state index contributed by atoms with van der Waals surface area (Å²) in [7, 11) is 3.27. The molecule has 0 aliphatic rings. The quantitative estimate of drug-likeness (QED) is 0.484. The molecule has 2 amide bonds. The zero-order valence-electron chi connectivity index (χ0n) is 19.7. The molecule has 3 rings (SSSR count). The van der Waals surface area contributed by atoms with Crippen LogP contribution in [0.3, 0.4) is 0 Å². The highest BCUT2D eigenvalue weighted by atomic mass is 16.5. The van der Waals surface area contributed by atoms with Crippen LogP contribution in [-0.4, -0.2) is 38.9 Å². The van der Waals surface area contributed by atoms with E-state index in [9.17, 15) is 4.79 Å². The largest absolute Gasteiger partial charge is 0.497 e. The first-order valence-corrected chi connectivity index (χ1v) is 11.1. The summed E-state index contributed by atoms with van der Waals surface area (Å²) in [6.07, 6.45) is -0.189. The highest BCUT2D eigenvalue weighted by Crippen LogP contribution is 2.26. The number of hydrogen-bond donors (Lipinski definition) is 2. The van der Waals surface area contributed by atoms with Gasteiger partial charge in [0.1, 0.15) is 5.75 Å². The number of ether oxygens (including phenoxy) is 2. The van der Waals surface area contributed by atoms with Crippen molar-refractivity contribution in [2.75, 3.05) is 25.7 Å². The van der Waals surface area contributed by atoms with E-state index in [1.807, 2.05) is 92.7 Å². The van der Waals surface area contributed by atoms with Crippen LogP contribution in [0.25, 0.3) is 11.1 Å². The number of nitrogens with one attached hydrogen (secondary N) is 1. The number of carbonyl (C=O) groups is 1. The molecule has 3 atom stereocenters. The summed E-state index contributed by atoms with van der Waals surface area (Å²) in [6, 6.07) is 25.0. The van der Waals surface area contributed by atoms with E-state index in [1.54, 1.807) is 19.1 Å². The fourth-order valence-electron chi connectivity index (χ4n) is 3.55. The van der Waals surface area contributed by atoms with E-state index >= 15 is 0 Å². The molecule has 0 aromatic heterocycles. The van der Waals surface area contributed by atoms with Crippen LogP contribution in [0.4, 0.5) is 10.5 Å². The molecule has 6 heteroatoms. The first-order chi connectivity index (χ1) is 15.9. The molecule has 0 heterocycles. The fraction of sp³-hybridized carbons (Fsp3) is 0.296. The summed E-state index contributed by atoms with van der Waals surface area (Å²) >= 11 is 0. The van der Waals surface area contributed by atoms with Crippen LogP contribution < -0.4 is 20.7 Å². The zero-order chi connectivity index (χ0) is 23.8. The van der Waals surface area contributed by atoms with E-state index in [1.165, 1.54) is 0 Å². The molecule has 0 aliphatic heterocycles. The minimum Gasteiger partial charge on any atom is -0.497 e. The summed E-state index contributed by atoms with van der Waals surface area (Å²) in [5.74, 6) is 0.812. The highest BCUT2D eigenvalue weighted by Gasteiger charge is 2.23. The Morgan fingerprint density at radius 3 is 2.03 bits per heavy atom. The molecule has 0 aliphatic carbocycles. The second-order valence-electron chi connectivity index (χ2n) is 8.07. The van der Waals surface area contributed by atoms with Gasteiger partial charge in [-0.25, -0.2) is 4.79 Å². The third kappa shape index (κ3) is 6.34. The van der Waals surface area contributed by atoms with Crippen LogP contribution >= 0.6 is 0 Å². The summed E-state index contributed by atoms with van der Waals surface area (Å²) in [6.45, 7) is 4.19. The van der Waals surface area contributed by atoms with Gasteiger partial charge < -0.3 is 20.5 Å². The van der Waals surface area contributed by atoms with Crippen molar-refractivity contribution in [3.05, 3.63) is 84.4 Å². The van der Waals surface area contributed by atoms with Crippen LogP contribution in [0.2, 0.25) is 0 Å². The smallest absolute Gasteiger partial charge is 0.322 e. The van der Waals surface area contributed by atoms with Gasteiger partial charge in [-0.1, -0.05) is 54.6 Å². The van der Waals surface area contributed by atoms with E-state index < -0.39 is 0 Å². The van der Waals surface area contributed by atoms with E-state index in [0.29, 0.717) is 6.54 Å². The summed E-state index contributed by atoms with van der Waals surface area (Å²) in [4.78, 5) is 15.0. The Morgan fingerprint density at radius 2 is 1.48 bits per heavy atom. The Bertz CT molecular complexity index is 1010. The van der Waals surface area contributed by atoms with Crippen LogP contribution in [0.15, 0.2) is 78.9 Å². The fourth-order valence-corrected chi connectivity index (χ4v) is 3.55. The van der Waals surface area contributed by atoms with Gasteiger partial charge in [-0.2, -0.15) is 0 Å². The lowest BCUT2D eigenvalue weighted by Crippen LogP contribution is -2.50. The number of anilines is 1. The molecule has 3 aromatic rings. The third-order valence-electron chi connectivity index (χ3n) is 5.86. The Balaban J connectivity index is 1.82. The van der Waals surface area contributed by atoms with Gasteiger partial charge >= 0.3 is 6.03 Å². The van der Waals surface area contributed by atoms with E-state index in [4.69, 9.17) is 15.2 Å². The summed E-state index contributed by atoms with van der Waals surface area (Å²) in [5.41, 5.74) is 10.3. The average molecular weight is 448 g/mol. The number of amides is 2. The first-order valence-electron chi connectivity index (χ1n) is 11.1. The SMILES string of the molecule is COc1ccc(-c2ccc(N(CC(N)C(C)OC)C(=O)NC(C)c3ccccc3)cc2)cc1. The number of carbonyl (C=O) groups excluding carboxylic acids is 1. The monoisotopic (exact) mass is 447 g/mol. The van der Waals surface area contributed by atoms with Gasteiger partial charge in [-0.05, 0) is 54.8 Å². The maximum Gasteiger partial charge on any atom is 0.322 e. The molecule has 0 fully saturated rings. The van der Waals surface area contributed by atoms with Crippen molar-refractivity contribution < 1.29 is 14.3 Å². The first kappa shape index (κ1) is 24.3. The molecule has 0 saturated carbocycles. The highest BCUT2D eigenvalue weighted by molar-refractivity contribution is 5.92. The molecule has 33 heavy (non-hydrogen) atoms. The van der Waals surface area contributed by atoms with Gasteiger partial charge in [0, 0.05) is 25.4 Å². The van der Waals surface area contributed by atoms with Gasteiger partial charge in [0.05, 0.1) is 19.3 Å². The van der Waals surface area contributed by atoms with Crippen LogP contribution in [-0.2, 0) is 4.74 Å². The molecule has 3 unspecified atom stereocenters. The molecule has 6 nitrogen and oxygen atoms in total. The van der Waals surface area contributed by atoms with Gasteiger partial charge in [-0.3, -0.25) is 4.90 Å². The normalized spacial score (nSPS) is 13.6. The number of urea groups is 1. The van der Waals surface area contributed by atoms with Gasteiger partial charge in [0.2, 0.25) is 0 Å². The molecular weight excluding hydrogens is 414 g/mol. The van der Waals surface area contributed by atoms with Crippen molar-refractivity contribution in [1.82, 2.24) is 5.32 Å². The van der Waals surface area contributed by atoms with Crippen LogP contribution in [0.5, 0.6) is 5.75 Å². The molecule has 0 saturated heterocycles. The molecule has 3 N–H and O–H groups in total. The van der Waals surface area contributed by atoms with Crippen molar-refractivity contribution in [2.24, 2.45) is 5.73 Å². The van der Waals surface area contributed by atoms with E-state index in [-0.39, 0.29) is 24.2 Å². The van der Waals surface area contributed by atoms with Gasteiger partial charge in [-0.15, -0.1) is 0 Å². The van der Waals surface area contributed by atoms with E-state index in [0.717, 1.165) is 28.1 Å². The second kappa shape index (κ2) is 11.5. The Hall–Kier alpha value is -3.35. The van der Waals surface area contributed by atoms with Crippen LogP contribution in [0.1, 0.15) is 25.5 Å². The molecule has 0 radical (unpaired) electrons. The minimum absolute atomic E-state index is 0.143. The Morgan fingerprint density at radius 1 is 0.909 bits per heavy atom. The van der Waals surface area contributed by atoms with Crippen molar-refractivity contribution in [3.8, 4) is 16.9 Å². The van der Waals surface area contributed by atoms with Gasteiger partial charge in [0.15, 0.2) is 0 Å². The van der Waals surface area contributed by atoms with Crippen molar-refractivity contribution in [1.29, 1.82) is 0 Å². The second-order valence-corrected chi connectivity index (χ2v) is 8.07. The minimum atomic E-state index is -0.339. The molecule has 174 valence electrons. The summed E-state index contributed by atoms with van der Waals surface area (Å²) in [5, 5.41) is 3.09. The molecular formula is C27H33N3O3. The Kier molecular flexibility index (Phi) is 8.46. The standard InChI is InChI=1S/C27H33N3O3/c1-19(21-8-6-5-7-9-21)29-27(31)30(18-26(28)20(2)32-3)24-14-10-22(11-15-24)23-12-16-25(33-4)17-13-23/h5-17,19-20,26H,18,28H2,1-4H3,(H,29,31). The molecule has 0 spiro atoms. The molecule has 3 aromatic carbocycles. The number of nitrogens with zero attached hydrogens (tertiary/aromatic N) is 1. The lowest BCUT2D eigenvalue weighted by atomic mass is 10.0. The topological polar surface area (TPSA) is 76.8 Å². The Labute approximate surface area is 196 Å². The predicted octanol–water partition coefficient (Wildman–Crippen LogP) is 5.00. The number of benzene rings is 3. The lowest BCUT2D eigenvalue weighted by Gasteiger charge is -2.30. The number of hydrogen-bond acceptors (Lipinski definition) is 4. The third-order valence-corrected chi connectivity index (χ3v) is 5.86. The maximum atomic E-state index is 13.3. The maximum absolute atomic E-state index is 13.3. The average Bonchev–Trinajstić information content (AvgIpc) is 2.87.